The molecule has 0 fully saturated rings. The van der Waals surface area contributed by atoms with Gasteiger partial charge in [-0.05, 0) is 31.2 Å². The normalized spacial score (nSPS) is 12.5. The molecule has 0 aliphatic carbocycles. The van der Waals surface area contributed by atoms with Crippen LogP contribution in [0.1, 0.15) is 18.8 Å². The lowest BCUT2D eigenvalue weighted by molar-refractivity contribution is 0.630. The predicted octanol–water partition coefficient (Wildman–Crippen LogP) is 2.54. The van der Waals surface area contributed by atoms with Crippen molar-refractivity contribution in [1.29, 1.82) is 0 Å². The third-order valence-electron chi connectivity index (χ3n) is 3.30. The van der Waals surface area contributed by atoms with E-state index in [0.29, 0.717) is 11.5 Å². The number of fused-ring (bicyclic) bond motifs is 1. The molecule has 0 spiro atoms. The minimum absolute atomic E-state index is 0.0574. The molecule has 0 amide bonds. The van der Waals surface area contributed by atoms with Crippen molar-refractivity contribution in [3.63, 3.8) is 0 Å². The summed E-state index contributed by atoms with van der Waals surface area (Å²) in [6.07, 6.45) is 0. The van der Waals surface area contributed by atoms with Crippen LogP contribution in [0.5, 0.6) is 0 Å². The van der Waals surface area contributed by atoms with Crippen LogP contribution >= 0.6 is 0 Å². The zero-order valence-corrected chi connectivity index (χ0v) is 11.5. The molecule has 1 heterocycles. The quantitative estimate of drug-likeness (QED) is 0.786. The second kappa shape index (κ2) is 5.10. The van der Waals surface area contributed by atoms with E-state index in [-0.39, 0.29) is 16.5 Å². The molecule has 4 nitrogen and oxygen atoms in total. The number of nitrogens with zero attached hydrogens (tertiary/aromatic N) is 2. The number of benzene rings is 2. The first-order valence-electron chi connectivity index (χ1n) is 6.62. The lowest BCUT2D eigenvalue weighted by Gasteiger charge is -2.16. The van der Waals surface area contributed by atoms with Gasteiger partial charge in [-0.15, -0.1) is 0 Å². The van der Waals surface area contributed by atoms with Gasteiger partial charge in [-0.1, -0.05) is 24.3 Å². The van der Waals surface area contributed by atoms with Gasteiger partial charge in [0.05, 0.1) is 17.1 Å². The van der Waals surface area contributed by atoms with Crippen LogP contribution < -0.4 is 11.3 Å². The average Bonchev–Trinajstić information content (AvgIpc) is 2.48. The summed E-state index contributed by atoms with van der Waals surface area (Å²) < 4.78 is 15.3. The van der Waals surface area contributed by atoms with E-state index < -0.39 is 11.9 Å². The van der Waals surface area contributed by atoms with Crippen molar-refractivity contribution in [1.82, 2.24) is 9.55 Å². The number of hydrogen-bond donors (Lipinski definition) is 1. The van der Waals surface area contributed by atoms with E-state index in [0.717, 1.165) is 0 Å². The van der Waals surface area contributed by atoms with E-state index in [1.54, 1.807) is 25.1 Å². The van der Waals surface area contributed by atoms with E-state index in [2.05, 4.69) is 4.98 Å². The molecule has 0 saturated heterocycles. The standard InChI is InChI=1S/C16H14FN3O/c1-10(18)15-19-14-12(8-5-9-13(14)17)16(21)20(15)11-6-3-2-4-7-11/h2-10H,18H2,1H3. The van der Waals surface area contributed by atoms with Gasteiger partial charge in [0.1, 0.15) is 17.2 Å². The summed E-state index contributed by atoms with van der Waals surface area (Å²) >= 11 is 0. The Labute approximate surface area is 120 Å². The van der Waals surface area contributed by atoms with Gasteiger partial charge in [0.25, 0.3) is 5.56 Å². The minimum atomic E-state index is -0.522. The van der Waals surface area contributed by atoms with Crippen molar-refractivity contribution >= 4 is 10.9 Å². The van der Waals surface area contributed by atoms with Crippen LogP contribution in [0.4, 0.5) is 4.39 Å². The number of para-hydroxylation sites is 2. The molecule has 1 unspecified atom stereocenters. The van der Waals surface area contributed by atoms with Crippen LogP contribution in [0.3, 0.4) is 0 Å². The highest BCUT2D eigenvalue weighted by molar-refractivity contribution is 5.78. The molecule has 3 aromatic rings. The highest BCUT2D eigenvalue weighted by atomic mass is 19.1. The molecule has 106 valence electrons. The molecule has 0 radical (unpaired) electrons. The number of rotatable bonds is 2. The van der Waals surface area contributed by atoms with Crippen molar-refractivity contribution < 1.29 is 4.39 Å². The zero-order chi connectivity index (χ0) is 15.0. The monoisotopic (exact) mass is 283 g/mol. The molecule has 1 atom stereocenters. The van der Waals surface area contributed by atoms with E-state index >= 15 is 0 Å². The maximum Gasteiger partial charge on any atom is 0.266 e. The Morgan fingerprint density at radius 3 is 2.52 bits per heavy atom. The number of halogens is 1. The number of aromatic nitrogens is 2. The molecule has 0 saturated carbocycles. The molecule has 0 bridgehead atoms. The van der Waals surface area contributed by atoms with Crippen LogP contribution in [0.25, 0.3) is 16.6 Å². The van der Waals surface area contributed by atoms with Crippen LogP contribution in [0.15, 0.2) is 53.3 Å². The SMILES string of the molecule is CC(N)c1nc2c(F)cccc2c(=O)n1-c1ccccc1. The van der Waals surface area contributed by atoms with Crippen molar-refractivity contribution in [2.24, 2.45) is 5.73 Å². The molecule has 3 rings (SSSR count). The van der Waals surface area contributed by atoms with Crippen LogP contribution in [0, 0.1) is 5.82 Å². The maximum absolute atomic E-state index is 13.9. The van der Waals surface area contributed by atoms with Gasteiger partial charge in [0.2, 0.25) is 0 Å². The number of nitrogens with two attached hydrogens (primary N) is 1. The Bertz CT molecular complexity index is 857. The second-order valence-corrected chi connectivity index (χ2v) is 4.87. The predicted molar refractivity (Wildman–Crippen MR) is 79.9 cm³/mol. The summed E-state index contributed by atoms with van der Waals surface area (Å²) in [5, 5.41) is 0.239. The Kier molecular flexibility index (Phi) is 3.27. The molecular formula is C16H14FN3O. The lowest BCUT2D eigenvalue weighted by atomic mass is 10.2. The van der Waals surface area contributed by atoms with Crippen LogP contribution in [-0.4, -0.2) is 9.55 Å². The van der Waals surface area contributed by atoms with Gasteiger partial charge in [0, 0.05) is 0 Å². The summed E-state index contributed by atoms with van der Waals surface area (Å²) in [6.45, 7) is 1.72. The first kappa shape index (κ1) is 13.5. The zero-order valence-electron chi connectivity index (χ0n) is 11.5. The third-order valence-corrected chi connectivity index (χ3v) is 3.30. The second-order valence-electron chi connectivity index (χ2n) is 4.87. The van der Waals surface area contributed by atoms with Crippen molar-refractivity contribution in [3.05, 3.63) is 70.5 Å². The van der Waals surface area contributed by atoms with Gasteiger partial charge < -0.3 is 5.73 Å². The van der Waals surface area contributed by atoms with Crippen molar-refractivity contribution in [2.75, 3.05) is 0 Å². The van der Waals surface area contributed by atoms with E-state index in [9.17, 15) is 9.18 Å². The molecule has 5 heteroatoms. The fourth-order valence-corrected chi connectivity index (χ4v) is 2.32. The lowest BCUT2D eigenvalue weighted by Crippen LogP contribution is -2.27. The maximum atomic E-state index is 13.9. The molecule has 0 aliphatic heterocycles. The third kappa shape index (κ3) is 2.21. The largest absolute Gasteiger partial charge is 0.322 e. The first-order chi connectivity index (χ1) is 10.1. The minimum Gasteiger partial charge on any atom is -0.322 e. The van der Waals surface area contributed by atoms with Gasteiger partial charge in [-0.25, -0.2) is 9.37 Å². The highest BCUT2D eigenvalue weighted by Crippen LogP contribution is 2.18. The van der Waals surface area contributed by atoms with Crippen LogP contribution in [0.2, 0.25) is 0 Å². The summed E-state index contributed by atoms with van der Waals surface area (Å²) in [7, 11) is 0. The van der Waals surface area contributed by atoms with E-state index in [1.165, 1.54) is 16.7 Å². The van der Waals surface area contributed by atoms with E-state index in [1.807, 2.05) is 18.2 Å². The summed E-state index contributed by atoms with van der Waals surface area (Å²) in [6, 6.07) is 12.9. The van der Waals surface area contributed by atoms with Gasteiger partial charge in [-0.2, -0.15) is 0 Å². The van der Waals surface area contributed by atoms with Gasteiger partial charge in [-0.3, -0.25) is 9.36 Å². The Balaban J connectivity index is 2.46. The first-order valence-corrected chi connectivity index (χ1v) is 6.62. The molecule has 21 heavy (non-hydrogen) atoms. The molecule has 0 aliphatic rings. The Morgan fingerprint density at radius 1 is 1.14 bits per heavy atom. The summed E-state index contributed by atoms with van der Waals surface area (Å²) in [5.41, 5.74) is 6.31. The summed E-state index contributed by atoms with van der Waals surface area (Å²) in [4.78, 5) is 17.0. The van der Waals surface area contributed by atoms with Crippen molar-refractivity contribution in [2.45, 2.75) is 13.0 Å². The van der Waals surface area contributed by atoms with E-state index in [4.69, 9.17) is 5.73 Å². The Hall–Kier alpha value is -2.53. The van der Waals surface area contributed by atoms with Crippen molar-refractivity contribution in [3.8, 4) is 5.69 Å². The molecule has 1 aromatic heterocycles. The highest BCUT2D eigenvalue weighted by Gasteiger charge is 2.17. The van der Waals surface area contributed by atoms with Crippen LogP contribution in [-0.2, 0) is 0 Å². The fourth-order valence-electron chi connectivity index (χ4n) is 2.32. The number of hydrogen-bond acceptors (Lipinski definition) is 3. The molecule has 2 N–H and O–H groups in total. The average molecular weight is 283 g/mol. The fraction of sp³-hybridized carbons (Fsp3) is 0.125. The summed E-state index contributed by atoms with van der Waals surface area (Å²) in [5.74, 6) is -0.185. The topological polar surface area (TPSA) is 60.9 Å². The molecular weight excluding hydrogens is 269 g/mol. The van der Waals surface area contributed by atoms with Gasteiger partial charge >= 0.3 is 0 Å². The molecule has 2 aromatic carbocycles. The smallest absolute Gasteiger partial charge is 0.266 e. The Morgan fingerprint density at radius 2 is 1.86 bits per heavy atom. The van der Waals surface area contributed by atoms with Gasteiger partial charge in [0.15, 0.2) is 0 Å².